The van der Waals surface area contributed by atoms with E-state index >= 15 is 0 Å². The third-order valence-electron chi connectivity index (χ3n) is 8.29. The average Bonchev–Trinajstić information content (AvgIpc) is 2.68. The van der Waals surface area contributed by atoms with Crippen LogP contribution in [0.1, 0.15) is 87.0 Å². The molecular weight excluding hydrogens is 388 g/mol. The summed E-state index contributed by atoms with van der Waals surface area (Å²) in [6.07, 6.45) is 11.7. The Kier molecular flexibility index (Phi) is 7.08. The van der Waals surface area contributed by atoms with Crippen LogP contribution in [0.5, 0.6) is 0 Å². The molecule has 3 aliphatic rings. The Morgan fingerprint density at radius 3 is 2.58 bits per heavy atom. The van der Waals surface area contributed by atoms with Gasteiger partial charge in [0.05, 0.1) is 5.41 Å². The second kappa shape index (κ2) is 9.11. The van der Waals surface area contributed by atoms with Gasteiger partial charge in [0.1, 0.15) is 12.2 Å². The molecule has 0 aromatic rings. The highest BCUT2D eigenvalue weighted by Gasteiger charge is 2.51. The number of hydrogen-bond acceptors (Lipinski definition) is 4. The SMILES string of the molecule is CCC(C)(C)C(=O)O[C@H]1C[C@@H](C)C=C2C=C[C@H](C)[C@H](CC[C@@H]3C[C@@H](C)CC(=O)O3)[C@]21C. The van der Waals surface area contributed by atoms with Gasteiger partial charge in [-0.3, -0.25) is 9.59 Å². The number of carbonyl (C=O) groups excluding carboxylic acids is 2. The van der Waals surface area contributed by atoms with Crippen LogP contribution in [0.25, 0.3) is 0 Å². The van der Waals surface area contributed by atoms with Gasteiger partial charge in [0.25, 0.3) is 0 Å². The van der Waals surface area contributed by atoms with Crippen LogP contribution in [-0.2, 0) is 19.1 Å². The fourth-order valence-corrected chi connectivity index (χ4v) is 5.75. The van der Waals surface area contributed by atoms with Gasteiger partial charge in [-0.25, -0.2) is 0 Å². The summed E-state index contributed by atoms with van der Waals surface area (Å²) in [4.78, 5) is 25.0. The standard InChI is InChI=1S/C27H42O4/c1-8-26(5,6)25(29)31-23-15-17(2)13-20-10-9-19(4)22(27(20,23)7)12-11-21-14-18(3)16-24(28)30-21/h9-10,13,17-19,21-23H,8,11-12,14-16H2,1-7H3/t17-,18+,19-,21+,22-,23-,27-/m0/s1. The maximum Gasteiger partial charge on any atom is 0.311 e. The number of ether oxygens (including phenoxy) is 2. The molecule has 174 valence electrons. The molecule has 0 amide bonds. The Balaban J connectivity index is 1.84. The highest BCUT2D eigenvalue weighted by Crippen LogP contribution is 2.54. The summed E-state index contributed by atoms with van der Waals surface area (Å²) in [5.74, 6) is 1.34. The first kappa shape index (κ1) is 24.1. The van der Waals surface area contributed by atoms with Crippen molar-refractivity contribution in [2.45, 2.75) is 99.2 Å². The monoisotopic (exact) mass is 430 g/mol. The van der Waals surface area contributed by atoms with Crippen LogP contribution in [-0.4, -0.2) is 24.1 Å². The number of esters is 2. The lowest BCUT2D eigenvalue weighted by Crippen LogP contribution is -2.50. The molecule has 1 saturated heterocycles. The smallest absolute Gasteiger partial charge is 0.311 e. The first-order chi connectivity index (χ1) is 14.5. The van der Waals surface area contributed by atoms with E-state index in [-0.39, 0.29) is 29.6 Å². The predicted octanol–water partition coefficient (Wildman–Crippen LogP) is 6.25. The maximum absolute atomic E-state index is 13.0. The Labute approximate surface area is 188 Å². The number of hydrogen-bond donors (Lipinski definition) is 0. The summed E-state index contributed by atoms with van der Waals surface area (Å²) in [6.45, 7) is 14.9. The van der Waals surface area contributed by atoms with E-state index in [0.29, 0.717) is 30.1 Å². The molecule has 0 N–H and O–H groups in total. The number of allylic oxidation sites excluding steroid dienone is 3. The Morgan fingerprint density at radius 1 is 1.23 bits per heavy atom. The van der Waals surface area contributed by atoms with Crippen molar-refractivity contribution < 1.29 is 19.1 Å². The van der Waals surface area contributed by atoms with Crippen molar-refractivity contribution in [3.63, 3.8) is 0 Å². The zero-order chi connectivity index (χ0) is 23.0. The quantitative estimate of drug-likeness (QED) is 0.467. The van der Waals surface area contributed by atoms with Gasteiger partial charge in [-0.15, -0.1) is 0 Å². The molecule has 3 rings (SSSR count). The van der Waals surface area contributed by atoms with Crippen molar-refractivity contribution in [3.05, 3.63) is 23.8 Å². The molecule has 31 heavy (non-hydrogen) atoms. The van der Waals surface area contributed by atoms with Gasteiger partial charge in [0.2, 0.25) is 0 Å². The molecule has 7 atom stereocenters. The molecule has 0 aromatic carbocycles. The largest absolute Gasteiger partial charge is 0.462 e. The van der Waals surface area contributed by atoms with Crippen LogP contribution < -0.4 is 0 Å². The molecule has 2 aliphatic carbocycles. The lowest BCUT2D eigenvalue weighted by Gasteiger charge is -2.52. The molecule has 4 nitrogen and oxygen atoms in total. The summed E-state index contributed by atoms with van der Waals surface area (Å²) in [6, 6.07) is 0. The Bertz CT molecular complexity index is 748. The molecule has 0 radical (unpaired) electrons. The zero-order valence-corrected chi connectivity index (χ0v) is 20.6. The minimum atomic E-state index is -0.473. The zero-order valence-electron chi connectivity index (χ0n) is 20.6. The van der Waals surface area contributed by atoms with E-state index in [1.54, 1.807) is 0 Å². The van der Waals surface area contributed by atoms with E-state index in [2.05, 4.69) is 45.9 Å². The highest BCUT2D eigenvalue weighted by atomic mass is 16.5. The van der Waals surface area contributed by atoms with Crippen LogP contribution in [0.2, 0.25) is 0 Å². The van der Waals surface area contributed by atoms with Gasteiger partial charge in [0.15, 0.2) is 0 Å². The van der Waals surface area contributed by atoms with Crippen molar-refractivity contribution in [3.8, 4) is 0 Å². The van der Waals surface area contributed by atoms with Crippen LogP contribution in [0.4, 0.5) is 0 Å². The second-order valence-corrected chi connectivity index (χ2v) is 11.3. The molecule has 0 spiro atoms. The number of rotatable bonds is 6. The second-order valence-electron chi connectivity index (χ2n) is 11.3. The highest BCUT2D eigenvalue weighted by molar-refractivity contribution is 5.76. The summed E-state index contributed by atoms with van der Waals surface area (Å²) < 4.78 is 12.0. The van der Waals surface area contributed by atoms with Gasteiger partial charge < -0.3 is 9.47 Å². The van der Waals surface area contributed by atoms with E-state index in [0.717, 1.165) is 32.1 Å². The first-order valence-corrected chi connectivity index (χ1v) is 12.3. The van der Waals surface area contributed by atoms with Crippen molar-refractivity contribution in [2.75, 3.05) is 0 Å². The fourth-order valence-electron chi connectivity index (χ4n) is 5.75. The van der Waals surface area contributed by atoms with Gasteiger partial charge in [-0.2, -0.15) is 0 Å². The van der Waals surface area contributed by atoms with Crippen LogP contribution in [0.15, 0.2) is 23.8 Å². The van der Waals surface area contributed by atoms with Crippen molar-refractivity contribution in [1.82, 2.24) is 0 Å². The molecule has 1 aliphatic heterocycles. The fraction of sp³-hybridized carbons (Fsp3) is 0.778. The minimum Gasteiger partial charge on any atom is -0.462 e. The predicted molar refractivity (Wildman–Crippen MR) is 123 cm³/mol. The Hall–Kier alpha value is -1.58. The molecule has 0 aromatic heterocycles. The van der Waals surface area contributed by atoms with Crippen LogP contribution in [0, 0.1) is 34.5 Å². The third-order valence-corrected chi connectivity index (χ3v) is 8.29. The molecular formula is C27H42O4. The average molecular weight is 431 g/mol. The lowest BCUT2D eigenvalue weighted by atomic mass is 9.55. The normalized spacial score (nSPS) is 38.2. The molecule has 1 heterocycles. The van der Waals surface area contributed by atoms with Gasteiger partial charge in [-0.1, -0.05) is 52.8 Å². The number of carbonyl (C=O) groups is 2. The lowest BCUT2D eigenvalue weighted by molar-refractivity contribution is -0.171. The van der Waals surface area contributed by atoms with Crippen molar-refractivity contribution in [2.24, 2.45) is 34.5 Å². The summed E-state index contributed by atoms with van der Waals surface area (Å²) in [7, 11) is 0. The maximum atomic E-state index is 13.0. The third kappa shape index (κ3) is 4.93. The number of cyclic esters (lactones) is 1. The van der Waals surface area contributed by atoms with Crippen molar-refractivity contribution in [1.29, 1.82) is 0 Å². The first-order valence-electron chi connectivity index (χ1n) is 12.3. The van der Waals surface area contributed by atoms with Gasteiger partial charge in [0, 0.05) is 11.8 Å². The summed E-state index contributed by atoms with van der Waals surface area (Å²) in [5.41, 5.74) is 0.610. The van der Waals surface area contributed by atoms with Gasteiger partial charge >= 0.3 is 11.9 Å². The van der Waals surface area contributed by atoms with Crippen molar-refractivity contribution >= 4 is 11.9 Å². The van der Waals surface area contributed by atoms with E-state index in [1.165, 1.54) is 5.57 Å². The molecule has 0 bridgehead atoms. The van der Waals surface area contributed by atoms with E-state index in [4.69, 9.17) is 9.47 Å². The minimum absolute atomic E-state index is 0.00734. The summed E-state index contributed by atoms with van der Waals surface area (Å²) in [5, 5.41) is 0. The Morgan fingerprint density at radius 2 is 1.94 bits per heavy atom. The van der Waals surface area contributed by atoms with Gasteiger partial charge in [-0.05, 0) is 75.2 Å². The van der Waals surface area contributed by atoms with E-state index in [1.807, 2.05) is 20.8 Å². The molecule has 0 unspecified atom stereocenters. The number of fused-ring (bicyclic) bond motifs is 1. The molecule has 0 saturated carbocycles. The topological polar surface area (TPSA) is 52.6 Å². The van der Waals surface area contributed by atoms with E-state index < -0.39 is 5.41 Å². The van der Waals surface area contributed by atoms with Crippen LogP contribution >= 0.6 is 0 Å². The van der Waals surface area contributed by atoms with Crippen LogP contribution in [0.3, 0.4) is 0 Å². The molecule has 1 fully saturated rings. The summed E-state index contributed by atoms with van der Waals surface area (Å²) >= 11 is 0. The van der Waals surface area contributed by atoms with E-state index in [9.17, 15) is 9.59 Å². The molecule has 4 heteroatoms.